The number of ether oxygens (including phenoxy) is 2. The average molecular weight is 820 g/mol. The predicted molar refractivity (Wildman–Crippen MR) is 261 cm³/mol. The molecule has 302 valence electrons. The first-order valence-electron chi connectivity index (χ1n) is 21.8. The summed E-state index contributed by atoms with van der Waals surface area (Å²) in [4.78, 5) is 2.35. The number of rotatable bonds is 8. The molecule has 12 rings (SSSR count). The summed E-state index contributed by atoms with van der Waals surface area (Å²) in [7, 11) is 0. The minimum atomic E-state index is -0.672. The maximum atomic E-state index is 6.81. The third-order valence-corrected chi connectivity index (χ3v) is 12.9. The summed E-state index contributed by atoms with van der Waals surface area (Å²) in [5, 5.41) is 0. The molecule has 0 saturated carbocycles. The van der Waals surface area contributed by atoms with Crippen LogP contribution in [0.5, 0.6) is 23.0 Å². The Morgan fingerprint density at radius 1 is 0.281 bits per heavy atom. The number of hydrogen-bond donors (Lipinski definition) is 0. The Morgan fingerprint density at radius 2 is 0.672 bits per heavy atom. The van der Waals surface area contributed by atoms with Crippen LogP contribution in [0.4, 0.5) is 17.1 Å². The number of nitrogens with zero attached hydrogens (tertiary/aromatic N) is 1. The second kappa shape index (κ2) is 15.5. The predicted octanol–water partition coefficient (Wildman–Crippen LogP) is 16.4. The molecular formula is C61H41NO2. The molecule has 0 fully saturated rings. The lowest BCUT2D eigenvalue weighted by atomic mass is 9.67. The molecule has 10 aromatic rings. The van der Waals surface area contributed by atoms with Gasteiger partial charge in [0.25, 0.3) is 0 Å². The van der Waals surface area contributed by atoms with E-state index in [4.69, 9.17) is 9.47 Å². The molecule has 1 heterocycles. The van der Waals surface area contributed by atoms with Gasteiger partial charge in [-0.2, -0.15) is 0 Å². The van der Waals surface area contributed by atoms with Gasteiger partial charge in [-0.15, -0.1) is 0 Å². The number of benzene rings is 10. The smallest absolute Gasteiger partial charge is 0.178 e. The van der Waals surface area contributed by atoms with E-state index < -0.39 is 5.41 Å². The Morgan fingerprint density at radius 3 is 1.19 bits per heavy atom. The van der Waals surface area contributed by atoms with Crippen molar-refractivity contribution >= 4 is 17.1 Å². The second-order valence-electron chi connectivity index (χ2n) is 16.4. The Kier molecular flexibility index (Phi) is 9.05. The topological polar surface area (TPSA) is 21.7 Å². The van der Waals surface area contributed by atoms with Gasteiger partial charge in [0.05, 0.1) is 5.41 Å². The third kappa shape index (κ3) is 6.20. The van der Waals surface area contributed by atoms with Crippen molar-refractivity contribution in [1.82, 2.24) is 0 Å². The first-order chi connectivity index (χ1) is 31.7. The van der Waals surface area contributed by atoms with Crippen molar-refractivity contribution in [2.45, 2.75) is 5.41 Å². The van der Waals surface area contributed by atoms with Crippen molar-refractivity contribution < 1.29 is 9.47 Å². The summed E-state index contributed by atoms with van der Waals surface area (Å²) in [6.07, 6.45) is 0. The highest BCUT2D eigenvalue weighted by Gasteiger charge is 2.48. The summed E-state index contributed by atoms with van der Waals surface area (Å²) in [6, 6.07) is 88.8. The summed E-state index contributed by atoms with van der Waals surface area (Å²) in [6.45, 7) is 0. The van der Waals surface area contributed by atoms with Crippen LogP contribution in [0.3, 0.4) is 0 Å². The monoisotopic (exact) mass is 819 g/mol. The first-order valence-corrected chi connectivity index (χ1v) is 21.8. The van der Waals surface area contributed by atoms with Crippen LogP contribution in [0.2, 0.25) is 0 Å². The van der Waals surface area contributed by atoms with Crippen LogP contribution in [-0.4, -0.2) is 0 Å². The van der Waals surface area contributed by atoms with Gasteiger partial charge in [-0.05, 0) is 116 Å². The van der Waals surface area contributed by atoms with Crippen molar-refractivity contribution in [2.24, 2.45) is 0 Å². The summed E-state index contributed by atoms with van der Waals surface area (Å²) < 4.78 is 13.3. The van der Waals surface area contributed by atoms with Crippen molar-refractivity contribution in [3.8, 4) is 67.5 Å². The normalized spacial score (nSPS) is 14.2. The number of para-hydroxylation sites is 2. The van der Waals surface area contributed by atoms with E-state index in [0.29, 0.717) is 17.2 Å². The van der Waals surface area contributed by atoms with Crippen LogP contribution in [-0.2, 0) is 5.41 Å². The van der Waals surface area contributed by atoms with E-state index >= 15 is 0 Å². The zero-order chi connectivity index (χ0) is 42.5. The van der Waals surface area contributed by atoms with Crippen LogP contribution in [0.1, 0.15) is 22.3 Å². The SMILES string of the molecule is c1ccc(-c2ccc(N(c3ccc(-c4ccccc4)cc3)c3ccc(C4(c5ccc(-c6ccccc6)cc5)c5ccccc5-c5c4ccc4c5Oc5ccccc5O4)cc3)cc2)cc1. The highest BCUT2D eigenvalue weighted by atomic mass is 16.6. The highest BCUT2D eigenvalue weighted by Crippen LogP contribution is 2.62. The molecule has 10 aromatic carbocycles. The highest BCUT2D eigenvalue weighted by molar-refractivity contribution is 5.92. The largest absolute Gasteiger partial charge is 0.449 e. The van der Waals surface area contributed by atoms with Crippen molar-refractivity contribution in [3.05, 3.63) is 271 Å². The van der Waals surface area contributed by atoms with Crippen LogP contribution in [0, 0.1) is 0 Å². The van der Waals surface area contributed by atoms with Gasteiger partial charge in [-0.25, -0.2) is 0 Å². The quantitative estimate of drug-likeness (QED) is 0.152. The molecule has 1 unspecified atom stereocenters. The maximum absolute atomic E-state index is 6.81. The molecule has 1 atom stereocenters. The molecule has 0 N–H and O–H groups in total. The fourth-order valence-corrected chi connectivity index (χ4v) is 9.85. The Bertz CT molecular complexity index is 3190. The fraction of sp³-hybridized carbons (Fsp3) is 0.0164. The van der Waals surface area contributed by atoms with Gasteiger partial charge < -0.3 is 14.4 Å². The van der Waals surface area contributed by atoms with E-state index in [1.165, 1.54) is 44.5 Å². The summed E-state index contributed by atoms with van der Waals surface area (Å²) >= 11 is 0. The minimum Gasteiger partial charge on any atom is -0.449 e. The molecule has 1 aliphatic carbocycles. The van der Waals surface area contributed by atoms with Crippen molar-refractivity contribution in [3.63, 3.8) is 0 Å². The third-order valence-electron chi connectivity index (χ3n) is 12.9. The zero-order valence-electron chi connectivity index (χ0n) is 34.9. The molecule has 0 bridgehead atoms. The molecule has 0 spiro atoms. The lowest BCUT2D eigenvalue weighted by Crippen LogP contribution is -2.28. The standard InChI is InChI=1S/C61H41NO2/c1-4-14-42(15-5-1)45-24-30-48(31-25-45)61(54-21-11-10-20-53(54)59-55(61)40-41-58-60(59)64-57-23-13-12-22-56(57)63-58)49-32-38-52(39-33-49)62(50-34-26-46(27-35-50)43-16-6-2-7-17-43)51-36-28-47(29-37-51)44-18-8-3-9-19-44/h1-41H. The van der Waals surface area contributed by atoms with Gasteiger partial charge >= 0.3 is 0 Å². The van der Waals surface area contributed by atoms with E-state index in [2.05, 4.69) is 229 Å². The van der Waals surface area contributed by atoms with Crippen molar-refractivity contribution in [2.75, 3.05) is 4.90 Å². The van der Waals surface area contributed by atoms with E-state index in [0.717, 1.165) is 45.1 Å². The molecule has 1 aliphatic heterocycles. The van der Waals surface area contributed by atoms with Crippen LogP contribution < -0.4 is 14.4 Å². The second-order valence-corrected chi connectivity index (χ2v) is 16.4. The van der Waals surface area contributed by atoms with E-state index in [9.17, 15) is 0 Å². The molecule has 0 saturated heterocycles. The summed E-state index contributed by atoms with van der Waals surface area (Å²) in [5.74, 6) is 2.88. The molecule has 3 heteroatoms. The number of anilines is 3. The number of hydrogen-bond acceptors (Lipinski definition) is 3. The first kappa shape index (κ1) is 37.4. The average Bonchev–Trinajstić information content (AvgIpc) is 3.69. The van der Waals surface area contributed by atoms with Gasteiger partial charge in [0.1, 0.15) is 0 Å². The Labute approximate surface area is 373 Å². The van der Waals surface area contributed by atoms with Crippen LogP contribution >= 0.6 is 0 Å². The van der Waals surface area contributed by atoms with Gasteiger partial charge in [-0.1, -0.05) is 194 Å². The minimum absolute atomic E-state index is 0.672. The molecule has 2 aliphatic rings. The molecule has 0 amide bonds. The van der Waals surface area contributed by atoms with Gasteiger partial charge in [0.15, 0.2) is 23.0 Å². The molecule has 3 nitrogen and oxygen atoms in total. The van der Waals surface area contributed by atoms with Gasteiger partial charge in [-0.3, -0.25) is 0 Å². The Hall–Kier alpha value is -8.40. The molecule has 64 heavy (non-hydrogen) atoms. The van der Waals surface area contributed by atoms with Gasteiger partial charge in [0, 0.05) is 22.6 Å². The van der Waals surface area contributed by atoms with Gasteiger partial charge in [0.2, 0.25) is 0 Å². The Balaban J connectivity index is 1.02. The lowest BCUT2D eigenvalue weighted by molar-refractivity contribution is 0.360. The fourth-order valence-electron chi connectivity index (χ4n) is 9.85. The van der Waals surface area contributed by atoms with Crippen LogP contribution in [0.25, 0.3) is 44.5 Å². The van der Waals surface area contributed by atoms with E-state index in [1.54, 1.807) is 0 Å². The maximum Gasteiger partial charge on any atom is 0.178 e. The molecule has 0 radical (unpaired) electrons. The van der Waals surface area contributed by atoms with E-state index in [1.807, 2.05) is 24.3 Å². The zero-order valence-corrected chi connectivity index (χ0v) is 34.9. The molecular weight excluding hydrogens is 779 g/mol. The van der Waals surface area contributed by atoms with Crippen LogP contribution in [0.15, 0.2) is 249 Å². The molecule has 0 aromatic heterocycles. The van der Waals surface area contributed by atoms with E-state index in [-0.39, 0.29) is 0 Å². The van der Waals surface area contributed by atoms with Crippen molar-refractivity contribution in [1.29, 1.82) is 0 Å². The number of fused-ring (bicyclic) bond motifs is 6. The summed E-state index contributed by atoms with van der Waals surface area (Å²) in [5.41, 5.74) is 16.5. The lowest BCUT2D eigenvalue weighted by Gasteiger charge is -2.35.